The van der Waals surface area contributed by atoms with E-state index in [1.807, 2.05) is 0 Å². The molecule has 2 atom stereocenters. The lowest BCUT2D eigenvalue weighted by Crippen LogP contribution is -2.24. The minimum atomic E-state index is 0.403. The predicted molar refractivity (Wildman–Crippen MR) is 93.6 cm³/mol. The summed E-state index contributed by atoms with van der Waals surface area (Å²) >= 11 is 3.73. The normalized spacial score (nSPS) is 14.1. The van der Waals surface area contributed by atoms with Gasteiger partial charge in [0.15, 0.2) is 0 Å². The predicted octanol–water partition coefficient (Wildman–Crippen LogP) is 4.99. The molecule has 0 aliphatic carbocycles. The number of benzene rings is 1. The quantitative estimate of drug-likeness (QED) is 0.716. The Kier molecular flexibility index (Phi) is 7.60. The van der Waals surface area contributed by atoms with E-state index in [-0.39, 0.29) is 0 Å². The third-order valence-electron chi connectivity index (χ3n) is 3.87. The Hall–Kier alpha value is -0.540. The van der Waals surface area contributed by atoms with E-state index in [1.165, 1.54) is 28.6 Å². The number of rotatable bonds is 8. The van der Waals surface area contributed by atoms with Crippen LogP contribution in [0.4, 0.5) is 5.69 Å². The van der Waals surface area contributed by atoms with Crippen LogP contribution in [0.3, 0.4) is 0 Å². The van der Waals surface area contributed by atoms with Crippen LogP contribution in [0.1, 0.15) is 52.1 Å². The van der Waals surface area contributed by atoms with Crippen LogP contribution in [0.25, 0.3) is 0 Å². The van der Waals surface area contributed by atoms with Gasteiger partial charge in [-0.1, -0.05) is 33.3 Å². The van der Waals surface area contributed by atoms with Crippen molar-refractivity contribution in [1.29, 1.82) is 0 Å². The molecule has 20 heavy (non-hydrogen) atoms. The summed E-state index contributed by atoms with van der Waals surface area (Å²) in [7, 11) is 2.17. The molecular formula is C17H29BrN2. The molecule has 1 aromatic rings. The molecule has 1 aromatic carbocycles. The van der Waals surface area contributed by atoms with Crippen molar-refractivity contribution in [3.05, 3.63) is 28.2 Å². The van der Waals surface area contributed by atoms with Gasteiger partial charge in [0.2, 0.25) is 0 Å². The molecule has 1 rings (SSSR count). The van der Waals surface area contributed by atoms with Gasteiger partial charge >= 0.3 is 0 Å². The lowest BCUT2D eigenvalue weighted by atomic mass is 10.1. The monoisotopic (exact) mass is 340 g/mol. The van der Waals surface area contributed by atoms with E-state index in [2.05, 4.69) is 79.1 Å². The topological polar surface area (TPSA) is 15.3 Å². The largest absolute Gasteiger partial charge is 0.373 e. The average Bonchev–Trinajstić information content (AvgIpc) is 2.44. The third kappa shape index (κ3) is 5.10. The molecule has 2 unspecified atom stereocenters. The summed E-state index contributed by atoms with van der Waals surface area (Å²) in [5.41, 5.74) is 2.61. The molecule has 0 fully saturated rings. The summed E-state index contributed by atoms with van der Waals surface area (Å²) in [6.07, 6.45) is 2.39. The zero-order valence-electron chi connectivity index (χ0n) is 13.5. The average molecular weight is 341 g/mol. The van der Waals surface area contributed by atoms with E-state index >= 15 is 0 Å². The molecule has 0 heterocycles. The van der Waals surface area contributed by atoms with Gasteiger partial charge in [0.25, 0.3) is 0 Å². The zero-order valence-corrected chi connectivity index (χ0v) is 15.1. The molecule has 0 aliphatic heterocycles. The van der Waals surface area contributed by atoms with Crippen molar-refractivity contribution in [1.82, 2.24) is 5.32 Å². The first-order valence-electron chi connectivity index (χ1n) is 7.73. The fourth-order valence-electron chi connectivity index (χ4n) is 2.28. The van der Waals surface area contributed by atoms with Crippen molar-refractivity contribution >= 4 is 21.6 Å². The number of nitrogens with zero attached hydrogens (tertiary/aromatic N) is 1. The van der Waals surface area contributed by atoms with Gasteiger partial charge < -0.3 is 10.2 Å². The second-order valence-corrected chi connectivity index (χ2v) is 6.63. The molecule has 0 aliphatic rings. The van der Waals surface area contributed by atoms with Crippen molar-refractivity contribution < 1.29 is 0 Å². The first kappa shape index (κ1) is 17.5. The van der Waals surface area contributed by atoms with Crippen molar-refractivity contribution in [2.75, 3.05) is 25.0 Å². The van der Waals surface area contributed by atoms with Crippen LogP contribution in [-0.2, 0) is 0 Å². The lowest BCUT2D eigenvalue weighted by molar-refractivity contribution is 0.558. The number of nitrogens with one attached hydrogen (secondary N) is 1. The molecule has 0 aromatic heterocycles. The summed E-state index contributed by atoms with van der Waals surface area (Å²) in [6, 6.07) is 7.11. The fraction of sp³-hybridized carbons (Fsp3) is 0.647. The van der Waals surface area contributed by atoms with Gasteiger partial charge in [-0.25, -0.2) is 0 Å². The highest BCUT2D eigenvalue weighted by Gasteiger charge is 2.11. The molecule has 0 spiro atoms. The van der Waals surface area contributed by atoms with Gasteiger partial charge in [0.05, 0.1) is 5.69 Å². The van der Waals surface area contributed by atoms with E-state index in [0.29, 0.717) is 6.04 Å². The van der Waals surface area contributed by atoms with Crippen molar-refractivity contribution in [2.45, 2.75) is 46.6 Å². The van der Waals surface area contributed by atoms with Crippen LogP contribution in [-0.4, -0.2) is 20.1 Å². The highest BCUT2D eigenvalue weighted by molar-refractivity contribution is 9.10. The van der Waals surface area contributed by atoms with E-state index < -0.39 is 0 Å². The zero-order chi connectivity index (χ0) is 15.1. The van der Waals surface area contributed by atoms with Crippen LogP contribution >= 0.6 is 15.9 Å². The maximum Gasteiger partial charge on any atom is 0.0508 e. The SMILES string of the molecule is CCCNC(C)c1ccc(N(C)CC(C)CC)c(Br)c1. The van der Waals surface area contributed by atoms with Crippen molar-refractivity contribution in [3.8, 4) is 0 Å². The molecule has 0 saturated heterocycles. The number of hydrogen-bond acceptors (Lipinski definition) is 2. The van der Waals surface area contributed by atoms with E-state index in [4.69, 9.17) is 0 Å². The molecular weight excluding hydrogens is 312 g/mol. The molecule has 0 saturated carbocycles. The van der Waals surface area contributed by atoms with Gasteiger partial charge in [0, 0.05) is 24.1 Å². The van der Waals surface area contributed by atoms with Crippen LogP contribution < -0.4 is 10.2 Å². The Bertz CT molecular complexity index is 406. The van der Waals surface area contributed by atoms with Gasteiger partial charge in [-0.15, -0.1) is 0 Å². The van der Waals surface area contributed by atoms with Gasteiger partial charge in [-0.3, -0.25) is 0 Å². The number of halogens is 1. The van der Waals surface area contributed by atoms with E-state index in [0.717, 1.165) is 19.0 Å². The Balaban J connectivity index is 2.77. The van der Waals surface area contributed by atoms with Crippen molar-refractivity contribution in [2.24, 2.45) is 5.92 Å². The van der Waals surface area contributed by atoms with E-state index in [9.17, 15) is 0 Å². The summed E-state index contributed by atoms with van der Waals surface area (Å²) in [5.74, 6) is 0.719. The Morgan fingerprint density at radius 1 is 1.25 bits per heavy atom. The second-order valence-electron chi connectivity index (χ2n) is 5.78. The molecule has 1 N–H and O–H groups in total. The third-order valence-corrected chi connectivity index (χ3v) is 4.50. The minimum absolute atomic E-state index is 0.403. The summed E-state index contributed by atoms with van der Waals surface area (Å²) in [6.45, 7) is 11.1. The molecule has 2 nitrogen and oxygen atoms in total. The highest BCUT2D eigenvalue weighted by atomic mass is 79.9. The molecule has 0 bridgehead atoms. The van der Waals surface area contributed by atoms with E-state index in [1.54, 1.807) is 0 Å². The summed E-state index contributed by atoms with van der Waals surface area (Å²) < 4.78 is 1.19. The maximum atomic E-state index is 3.73. The smallest absolute Gasteiger partial charge is 0.0508 e. The number of hydrogen-bond donors (Lipinski definition) is 1. The lowest BCUT2D eigenvalue weighted by Gasteiger charge is -2.25. The molecule has 3 heteroatoms. The van der Waals surface area contributed by atoms with Gasteiger partial charge in [0.1, 0.15) is 0 Å². The second kappa shape index (κ2) is 8.68. The molecule has 0 radical (unpaired) electrons. The minimum Gasteiger partial charge on any atom is -0.373 e. The number of anilines is 1. The first-order valence-corrected chi connectivity index (χ1v) is 8.52. The standard InChI is InChI=1S/C17H29BrN2/c1-6-10-19-14(4)15-8-9-17(16(18)11-15)20(5)12-13(3)7-2/h8-9,11,13-14,19H,6-7,10,12H2,1-5H3. The Morgan fingerprint density at radius 3 is 2.50 bits per heavy atom. The first-order chi connectivity index (χ1) is 9.49. The summed E-state index contributed by atoms with van der Waals surface area (Å²) in [4.78, 5) is 2.34. The Morgan fingerprint density at radius 2 is 1.95 bits per heavy atom. The Labute approximate surface area is 133 Å². The molecule has 114 valence electrons. The van der Waals surface area contributed by atoms with Crippen LogP contribution in [0.5, 0.6) is 0 Å². The van der Waals surface area contributed by atoms with Gasteiger partial charge in [-0.2, -0.15) is 0 Å². The molecule has 0 amide bonds. The van der Waals surface area contributed by atoms with Crippen LogP contribution in [0.15, 0.2) is 22.7 Å². The van der Waals surface area contributed by atoms with Crippen LogP contribution in [0, 0.1) is 5.92 Å². The highest BCUT2D eigenvalue weighted by Crippen LogP contribution is 2.29. The van der Waals surface area contributed by atoms with Crippen LogP contribution in [0.2, 0.25) is 0 Å². The van der Waals surface area contributed by atoms with Crippen molar-refractivity contribution in [3.63, 3.8) is 0 Å². The fourth-order valence-corrected chi connectivity index (χ4v) is 2.97. The summed E-state index contributed by atoms with van der Waals surface area (Å²) in [5, 5.41) is 3.53. The maximum absolute atomic E-state index is 3.73. The van der Waals surface area contributed by atoms with Gasteiger partial charge in [-0.05, 0) is 59.4 Å².